The predicted octanol–water partition coefficient (Wildman–Crippen LogP) is 4.41. The highest BCUT2D eigenvalue weighted by Crippen LogP contribution is 2.32. The maximum Gasteiger partial charge on any atom is 0.253 e. The number of amides is 2. The topological polar surface area (TPSA) is 62.3 Å². The Hall–Kier alpha value is -1.92. The molecule has 148 valence electrons. The van der Waals surface area contributed by atoms with Gasteiger partial charge < -0.3 is 10.2 Å². The van der Waals surface area contributed by atoms with Crippen LogP contribution in [0.5, 0.6) is 0 Å². The third kappa shape index (κ3) is 4.23. The highest BCUT2D eigenvalue weighted by molar-refractivity contribution is 7.15. The number of carbonyl (C=O) groups excluding carboxylic acids is 2. The van der Waals surface area contributed by atoms with Gasteiger partial charge >= 0.3 is 0 Å². The standard InChI is InChI=1S/C21H24ClN3O2S/c1-13-4-9-17-18(11-13)28-21(23-17)24-19(26)15-3-2-10-25(12-15)20(27)14-5-7-16(22)8-6-14/h5-8,13,15H,2-4,9-12H2,1H3,(H,23,24,26)/t13-,15+/m1/s1. The largest absolute Gasteiger partial charge is 0.338 e. The Labute approximate surface area is 174 Å². The number of benzene rings is 1. The molecule has 0 unspecified atom stereocenters. The van der Waals surface area contributed by atoms with Crippen molar-refractivity contribution in [1.82, 2.24) is 9.88 Å². The molecule has 1 aliphatic heterocycles. The van der Waals surface area contributed by atoms with Crippen LogP contribution in [0.2, 0.25) is 5.02 Å². The van der Waals surface area contributed by atoms with Crippen molar-refractivity contribution in [2.75, 3.05) is 18.4 Å². The van der Waals surface area contributed by atoms with Gasteiger partial charge in [0, 0.05) is 28.6 Å². The molecule has 1 N–H and O–H groups in total. The summed E-state index contributed by atoms with van der Waals surface area (Å²) in [6.45, 7) is 3.37. The van der Waals surface area contributed by atoms with Crippen LogP contribution in [0, 0.1) is 11.8 Å². The van der Waals surface area contributed by atoms with E-state index in [1.807, 2.05) is 0 Å². The van der Waals surface area contributed by atoms with Crippen LogP contribution < -0.4 is 5.32 Å². The molecule has 4 rings (SSSR count). The second kappa shape index (κ2) is 8.21. The van der Waals surface area contributed by atoms with E-state index in [1.165, 1.54) is 4.88 Å². The van der Waals surface area contributed by atoms with Crippen molar-refractivity contribution in [2.45, 2.75) is 39.0 Å². The van der Waals surface area contributed by atoms with Gasteiger partial charge in [-0.3, -0.25) is 9.59 Å². The molecular weight excluding hydrogens is 394 g/mol. The molecule has 1 aromatic heterocycles. The Bertz CT molecular complexity index is 880. The fraction of sp³-hybridized carbons (Fsp3) is 0.476. The SMILES string of the molecule is C[C@@H]1CCc2nc(NC(=O)[C@H]3CCCN(C(=O)c4ccc(Cl)cc4)C3)sc2C1. The number of carbonyl (C=O) groups is 2. The fourth-order valence-electron chi connectivity index (χ4n) is 3.95. The number of nitrogens with one attached hydrogen (secondary N) is 1. The molecule has 0 saturated carbocycles. The smallest absolute Gasteiger partial charge is 0.253 e. The highest BCUT2D eigenvalue weighted by atomic mass is 35.5. The van der Waals surface area contributed by atoms with Crippen LogP contribution in [0.15, 0.2) is 24.3 Å². The van der Waals surface area contributed by atoms with Crippen molar-refractivity contribution in [2.24, 2.45) is 11.8 Å². The molecule has 1 aromatic carbocycles. The lowest BCUT2D eigenvalue weighted by Crippen LogP contribution is -2.43. The lowest BCUT2D eigenvalue weighted by molar-refractivity contribution is -0.121. The minimum atomic E-state index is -0.204. The first-order chi connectivity index (χ1) is 13.5. The van der Waals surface area contributed by atoms with E-state index < -0.39 is 0 Å². The number of aryl methyl sites for hydroxylation is 1. The van der Waals surface area contributed by atoms with Gasteiger partial charge in [-0.05, 0) is 62.3 Å². The van der Waals surface area contributed by atoms with Gasteiger partial charge in [-0.2, -0.15) is 0 Å². The van der Waals surface area contributed by atoms with Crippen LogP contribution in [-0.2, 0) is 17.6 Å². The molecule has 2 amide bonds. The first kappa shape index (κ1) is 19.4. The van der Waals surface area contributed by atoms with Gasteiger partial charge in [0.1, 0.15) is 0 Å². The van der Waals surface area contributed by atoms with Crippen LogP contribution in [0.25, 0.3) is 0 Å². The number of hydrogen-bond acceptors (Lipinski definition) is 4. The monoisotopic (exact) mass is 417 g/mol. The third-order valence-electron chi connectivity index (χ3n) is 5.59. The molecule has 0 bridgehead atoms. The number of hydrogen-bond donors (Lipinski definition) is 1. The summed E-state index contributed by atoms with van der Waals surface area (Å²) in [7, 11) is 0. The van der Waals surface area contributed by atoms with Gasteiger partial charge in [-0.25, -0.2) is 4.98 Å². The van der Waals surface area contributed by atoms with Crippen molar-refractivity contribution in [3.63, 3.8) is 0 Å². The molecule has 0 radical (unpaired) electrons. The van der Waals surface area contributed by atoms with E-state index in [2.05, 4.69) is 17.2 Å². The normalized spacial score (nSPS) is 21.9. The third-order valence-corrected chi connectivity index (χ3v) is 6.87. The Morgan fingerprint density at radius 1 is 1.25 bits per heavy atom. The number of halogens is 1. The van der Waals surface area contributed by atoms with Crippen LogP contribution in [-0.4, -0.2) is 34.8 Å². The molecule has 2 aromatic rings. The Kier molecular flexibility index (Phi) is 5.69. The molecule has 2 atom stereocenters. The summed E-state index contributed by atoms with van der Waals surface area (Å²) in [5.41, 5.74) is 1.74. The average molecular weight is 418 g/mol. The van der Waals surface area contributed by atoms with Gasteiger partial charge in [0.05, 0.1) is 11.6 Å². The number of piperidine rings is 1. The predicted molar refractivity (Wildman–Crippen MR) is 112 cm³/mol. The van der Waals surface area contributed by atoms with Crippen molar-refractivity contribution in [3.05, 3.63) is 45.4 Å². The van der Waals surface area contributed by atoms with E-state index >= 15 is 0 Å². The lowest BCUT2D eigenvalue weighted by atomic mass is 9.93. The number of fused-ring (bicyclic) bond motifs is 1. The van der Waals surface area contributed by atoms with Crippen LogP contribution >= 0.6 is 22.9 Å². The maximum atomic E-state index is 12.8. The first-order valence-electron chi connectivity index (χ1n) is 9.84. The molecule has 1 fully saturated rings. The van der Waals surface area contributed by atoms with Gasteiger partial charge in [-0.1, -0.05) is 18.5 Å². The molecule has 2 aliphatic rings. The minimum absolute atomic E-state index is 0.0345. The molecule has 1 aliphatic carbocycles. The summed E-state index contributed by atoms with van der Waals surface area (Å²) in [5.74, 6) is 0.396. The maximum absolute atomic E-state index is 12.8. The van der Waals surface area contributed by atoms with Gasteiger partial charge in [-0.15, -0.1) is 11.3 Å². The zero-order valence-electron chi connectivity index (χ0n) is 15.9. The van der Waals surface area contributed by atoms with E-state index in [0.717, 1.165) is 37.8 Å². The highest BCUT2D eigenvalue weighted by Gasteiger charge is 2.30. The second-order valence-corrected chi connectivity index (χ2v) is 9.34. The number of anilines is 1. The van der Waals surface area contributed by atoms with E-state index in [4.69, 9.17) is 11.6 Å². The van der Waals surface area contributed by atoms with Gasteiger partial charge in [0.2, 0.25) is 5.91 Å². The molecule has 5 nitrogen and oxygen atoms in total. The zero-order valence-corrected chi connectivity index (χ0v) is 17.5. The number of aromatic nitrogens is 1. The van der Waals surface area contributed by atoms with Crippen LogP contribution in [0.4, 0.5) is 5.13 Å². The molecule has 2 heterocycles. The summed E-state index contributed by atoms with van der Waals surface area (Å²) in [6, 6.07) is 6.90. The van der Waals surface area contributed by atoms with Crippen molar-refractivity contribution < 1.29 is 9.59 Å². The molecule has 1 saturated heterocycles. The Balaban J connectivity index is 1.39. The van der Waals surface area contributed by atoms with Gasteiger partial charge in [0.25, 0.3) is 5.91 Å². The molecule has 0 spiro atoms. The summed E-state index contributed by atoms with van der Waals surface area (Å²) in [4.78, 5) is 33.2. The summed E-state index contributed by atoms with van der Waals surface area (Å²) in [6.07, 6.45) is 4.82. The van der Waals surface area contributed by atoms with E-state index in [1.54, 1.807) is 40.5 Å². The van der Waals surface area contributed by atoms with E-state index in [-0.39, 0.29) is 17.7 Å². The molecule has 7 heteroatoms. The van der Waals surface area contributed by atoms with E-state index in [9.17, 15) is 9.59 Å². The van der Waals surface area contributed by atoms with Crippen LogP contribution in [0.1, 0.15) is 47.1 Å². The summed E-state index contributed by atoms with van der Waals surface area (Å²) >= 11 is 7.51. The molecular formula is C21H24ClN3O2S. The fourth-order valence-corrected chi connectivity index (χ4v) is 5.25. The minimum Gasteiger partial charge on any atom is -0.338 e. The molecule has 28 heavy (non-hydrogen) atoms. The van der Waals surface area contributed by atoms with Crippen molar-refractivity contribution in [3.8, 4) is 0 Å². The Morgan fingerprint density at radius 2 is 2.04 bits per heavy atom. The Morgan fingerprint density at radius 3 is 2.82 bits per heavy atom. The zero-order chi connectivity index (χ0) is 19.7. The van der Waals surface area contributed by atoms with Crippen molar-refractivity contribution in [1.29, 1.82) is 0 Å². The van der Waals surface area contributed by atoms with Crippen molar-refractivity contribution >= 4 is 39.9 Å². The van der Waals surface area contributed by atoms with Gasteiger partial charge in [0.15, 0.2) is 5.13 Å². The average Bonchev–Trinajstić information content (AvgIpc) is 3.09. The number of thiazole rings is 1. The quantitative estimate of drug-likeness (QED) is 0.804. The second-order valence-electron chi connectivity index (χ2n) is 7.82. The lowest BCUT2D eigenvalue weighted by Gasteiger charge is -2.32. The first-order valence-corrected chi connectivity index (χ1v) is 11.0. The van der Waals surface area contributed by atoms with Crippen LogP contribution in [0.3, 0.4) is 0 Å². The number of rotatable bonds is 3. The number of nitrogens with zero attached hydrogens (tertiary/aromatic N) is 2. The summed E-state index contributed by atoms with van der Waals surface area (Å²) < 4.78 is 0. The van der Waals surface area contributed by atoms with E-state index in [0.29, 0.717) is 34.7 Å². The summed E-state index contributed by atoms with van der Waals surface area (Å²) in [5, 5.41) is 4.31. The number of likely N-dealkylation sites (tertiary alicyclic amines) is 1.